The van der Waals surface area contributed by atoms with Gasteiger partial charge in [0.2, 0.25) is 5.91 Å². The standard InChI is InChI=1S/C15H14F2N2O/c1-10-5-6-12(17)8-14(10)18-9-15(20)19-13-4-2-3-11(16)7-13/h2-8,18H,9H2,1H3,(H,19,20). The molecule has 20 heavy (non-hydrogen) atoms. The van der Waals surface area contributed by atoms with E-state index < -0.39 is 5.82 Å². The molecule has 0 spiro atoms. The maximum absolute atomic E-state index is 13.1. The number of hydrogen-bond donors (Lipinski definition) is 2. The van der Waals surface area contributed by atoms with Crippen LogP contribution >= 0.6 is 0 Å². The molecule has 0 aliphatic rings. The van der Waals surface area contributed by atoms with Crippen LogP contribution < -0.4 is 10.6 Å². The number of benzene rings is 2. The summed E-state index contributed by atoms with van der Waals surface area (Å²) < 4.78 is 26.0. The van der Waals surface area contributed by atoms with Gasteiger partial charge in [0.1, 0.15) is 11.6 Å². The highest BCUT2D eigenvalue weighted by molar-refractivity contribution is 5.93. The quantitative estimate of drug-likeness (QED) is 0.899. The van der Waals surface area contributed by atoms with Crippen molar-refractivity contribution in [3.63, 3.8) is 0 Å². The van der Waals surface area contributed by atoms with E-state index in [0.717, 1.165) is 5.56 Å². The summed E-state index contributed by atoms with van der Waals surface area (Å²) in [5.74, 6) is -1.13. The minimum atomic E-state index is -0.420. The minimum absolute atomic E-state index is 0.0270. The van der Waals surface area contributed by atoms with E-state index in [2.05, 4.69) is 10.6 Å². The number of nitrogens with one attached hydrogen (secondary N) is 2. The first-order valence-electron chi connectivity index (χ1n) is 6.10. The monoisotopic (exact) mass is 276 g/mol. The van der Waals surface area contributed by atoms with Gasteiger partial charge in [0.05, 0.1) is 6.54 Å². The second kappa shape index (κ2) is 6.14. The Balaban J connectivity index is 1.94. The lowest BCUT2D eigenvalue weighted by Crippen LogP contribution is -2.22. The number of carbonyl (C=O) groups excluding carboxylic acids is 1. The van der Waals surface area contributed by atoms with Crippen molar-refractivity contribution in [1.29, 1.82) is 0 Å². The Morgan fingerprint density at radius 3 is 2.60 bits per heavy atom. The molecule has 0 aromatic heterocycles. The lowest BCUT2D eigenvalue weighted by Gasteiger charge is -2.10. The summed E-state index contributed by atoms with van der Waals surface area (Å²) in [6.07, 6.45) is 0. The van der Waals surface area contributed by atoms with E-state index in [1.165, 1.54) is 30.3 Å². The molecule has 2 aromatic rings. The Morgan fingerprint density at radius 2 is 1.85 bits per heavy atom. The molecule has 5 heteroatoms. The zero-order valence-corrected chi connectivity index (χ0v) is 10.9. The van der Waals surface area contributed by atoms with Crippen molar-refractivity contribution in [1.82, 2.24) is 0 Å². The molecule has 104 valence electrons. The summed E-state index contributed by atoms with van der Waals surface area (Å²) in [5.41, 5.74) is 1.78. The Kier molecular flexibility index (Phi) is 4.30. The fourth-order valence-electron chi connectivity index (χ4n) is 1.73. The second-order valence-corrected chi connectivity index (χ2v) is 4.37. The smallest absolute Gasteiger partial charge is 0.243 e. The minimum Gasteiger partial charge on any atom is -0.376 e. The van der Waals surface area contributed by atoms with Gasteiger partial charge in [-0.3, -0.25) is 4.79 Å². The topological polar surface area (TPSA) is 41.1 Å². The maximum Gasteiger partial charge on any atom is 0.243 e. The molecule has 2 rings (SSSR count). The van der Waals surface area contributed by atoms with Crippen LogP contribution in [0.2, 0.25) is 0 Å². The van der Waals surface area contributed by atoms with Crippen LogP contribution in [-0.4, -0.2) is 12.5 Å². The Labute approximate surface area is 115 Å². The average Bonchev–Trinajstić information content (AvgIpc) is 2.40. The van der Waals surface area contributed by atoms with Gasteiger partial charge in [-0.1, -0.05) is 12.1 Å². The van der Waals surface area contributed by atoms with Crippen molar-refractivity contribution in [2.45, 2.75) is 6.92 Å². The number of aryl methyl sites for hydroxylation is 1. The first-order chi connectivity index (χ1) is 9.54. The van der Waals surface area contributed by atoms with Crippen molar-refractivity contribution < 1.29 is 13.6 Å². The van der Waals surface area contributed by atoms with Crippen LogP contribution in [0.3, 0.4) is 0 Å². The lowest BCUT2D eigenvalue weighted by molar-refractivity contribution is -0.114. The molecule has 0 heterocycles. The first-order valence-corrected chi connectivity index (χ1v) is 6.10. The molecular weight excluding hydrogens is 262 g/mol. The van der Waals surface area contributed by atoms with Gasteiger partial charge in [0, 0.05) is 11.4 Å². The Hall–Kier alpha value is -2.43. The van der Waals surface area contributed by atoms with Gasteiger partial charge in [-0.05, 0) is 42.8 Å². The molecule has 0 saturated heterocycles. The highest BCUT2D eigenvalue weighted by atomic mass is 19.1. The van der Waals surface area contributed by atoms with E-state index in [-0.39, 0.29) is 18.3 Å². The highest BCUT2D eigenvalue weighted by Crippen LogP contribution is 2.15. The summed E-state index contributed by atoms with van der Waals surface area (Å²) in [7, 11) is 0. The van der Waals surface area contributed by atoms with E-state index in [9.17, 15) is 13.6 Å². The number of rotatable bonds is 4. The number of hydrogen-bond acceptors (Lipinski definition) is 2. The van der Waals surface area contributed by atoms with Crippen LogP contribution in [0.4, 0.5) is 20.2 Å². The van der Waals surface area contributed by atoms with Gasteiger partial charge in [-0.2, -0.15) is 0 Å². The van der Waals surface area contributed by atoms with E-state index in [4.69, 9.17) is 0 Å². The third-order valence-electron chi connectivity index (χ3n) is 2.75. The summed E-state index contributed by atoms with van der Waals surface area (Å²) in [6, 6.07) is 9.93. The third kappa shape index (κ3) is 3.78. The Bertz CT molecular complexity index is 629. The summed E-state index contributed by atoms with van der Waals surface area (Å²) >= 11 is 0. The fourth-order valence-corrected chi connectivity index (χ4v) is 1.73. The number of amides is 1. The molecule has 0 saturated carbocycles. The molecule has 0 aliphatic carbocycles. The summed E-state index contributed by atoms with van der Waals surface area (Å²) in [4.78, 5) is 11.7. The Morgan fingerprint density at radius 1 is 1.10 bits per heavy atom. The second-order valence-electron chi connectivity index (χ2n) is 4.37. The van der Waals surface area contributed by atoms with Gasteiger partial charge in [0.15, 0.2) is 0 Å². The van der Waals surface area contributed by atoms with Gasteiger partial charge in [-0.25, -0.2) is 8.78 Å². The van der Waals surface area contributed by atoms with E-state index in [1.54, 1.807) is 12.1 Å². The van der Waals surface area contributed by atoms with Crippen LogP contribution in [0, 0.1) is 18.6 Å². The molecule has 1 amide bonds. The fraction of sp³-hybridized carbons (Fsp3) is 0.133. The molecule has 0 atom stereocenters. The van der Waals surface area contributed by atoms with Crippen molar-refractivity contribution in [2.24, 2.45) is 0 Å². The van der Waals surface area contributed by atoms with Crippen LogP contribution in [0.15, 0.2) is 42.5 Å². The predicted molar refractivity (Wildman–Crippen MR) is 74.7 cm³/mol. The van der Waals surface area contributed by atoms with Gasteiger partial charge in [0.25, 0.3) is 0 Å². The molecule has 3 nitrogen and oxygen atoms in total. The van der Waals surface area contributed by atoms with Crippen LogP contribution in [0.5, 0.6) is 0 Å². The summed E-state index contributed by atoms with van der Waals surface area (Å²) in [5, 5.41) is 5.39. The number of halogens is 2. The molecule has 2 N–H and O–H groups in total. The number of anilines is 2. The molecule has 2 aromatic carbocycles. The van der Waals surface area contributed by atoms with Crippen LogP contribution in [0.1, 0.15) is 5.56 Å². The first kappa shape index (κ1) is 14.0. The third-order valence-corrected chi connectivity index (χ3v) is 2.75. The SMILES string of the molecule is Cc1ccc(F)cc1NCC(=O)Nc1cccc(F)c1. The van der Waals surface area contributed by atoms with Crippen molar-refractivity contribution in [2.75, 3.05) is 17.2 Å². The van der Waals surface area contributed by atoms with E-state index >= 15 is 0 Å². The molecule has 0 aliphatic heterocycles. The van der Waals surface area contributed by atoms with Crippen LogP contribution in [-0.2, 0) is 4.79 Å². The molecule has 0 unspecified atom stereocenters. The van der Waals surface area contributed by atoms with Crippen molar-refractivity contribution in [3.8, 4) is 0 Å². The maximum atomic E-state index is 13.1. The van der Waals surface area contributed by atoms with Crippen molar-refractivity contribution in [3.05, 3.63) is 59.7 Å². The molecule has 0 radical (unpaired) electrons. The molecular formula is C15H14F2N2O. The van der Waals surface area contributed by atoms with Gasteiger partial charge >= 0.3 is 0 Å². The zero-order valence-electron chi connectivity index (χ0n) is 10.9. The largest absolute Gasteiger partial charge is 0.376 e. The van der Waals surface area contributed by atoms with E-state index in [1.807, 2.05) is 6.92 Å². The molecule has 0 bridgehead atoms. The van der Waals surface area contributed by atoms with Crippen molar-refractivity contribution >= 4 is 17.3 Å². The van der Waals surface area contributed by atoms with E-state index in [0.29, 0.717) is 11.4 Å². The summed E-state index contributed by atoms with van der Waals surface area (Å²) in [6.45, 7) is 1.78. The lowest BCUT2D eigenvalue weighted by atomic mass is 10.2. The molecule has 0 fully saturated rings. The average molecular weight is 276 g/mol. The zero-order chi connectivity index (χ0) is 14.5. The highest BCUT2D eigenvalue weighted by Gasteiger charge is 2.05. The van der Waals surface area contributed by atoms with Gasteiger partial charge < -0.3 is 10.6 Å². The number of carbonyl (C=O) groups is 1. The predicted octanol–water partition coefficient (Wildman–Crippen LogP) is 3.32. The normalized spacial score (nSPS) is 10.2. The van der Waals surface area contributed by atoms with Gasteiger partial charge in [-0.15, -0.1) is 0 Å². The van der Waals surface area contributed by atoms with Crippen LogP contribution in [0.25, 0.3) is 0 Å².